The number of carbonyl (C=O) groups excluding carboxylic acids is 3. The lowest BCUT2D eigenvalue weighted by Gasteiger charge is -2.26. The molecule has 37 heavy (non-hydrogen) atoms. The van der Waals surface area contributed by atoms with Crippen LogP contribution in [0.3, 0.4) is 0 Å². The molecule has 0 radical (unpaired) electrons. The molecule has 0 saturated carbocycles. The third-order valence-corrected chi connectivity index (χ3v) is 6.30. The molecular formula is C26H34N6O5. The highest BCUT2D eigenvalue weighted by molar-refractivity contribution is 5.98. The molecule has 3 amide bonds. The Morgan fingerprint density at radius 2 is 1.76 bits per heavy atom. The molecule has 198 valence electrons. The summed E-state index contributed by atoms with van der Waals surface area (Å²) in [6, 6.07) is 11.7. The molecule has 1 saturated heterocycles. The van der Waals surface area contributed by atoms with Gasteiger partial charge in [-0.05, 0) is 69.8 Å². The van der Waals surface area contributed by atoms with Crippen LogP contribution in [0.25, 0.3) is 0 Å². The Morgan fingerprint density at radius 3 is 2.41 bits per heavy atom. The molecule has 0 unspecified atom stereocenters. The highest BCUT2D eigenvalue weighted by Gasteiger charge is 2.35. The monoisotopic (exact) mass is 510 g/mol. The molecule has 1 heterocycles. The fourth-order valence-corrected chi connectivity index (χ4v) is 4.21. The fraction of sp³-hybridized carbons (Fsp3) is 0.423. The zero-order valence-corrected chi connectivity index (χ0v) is 20.9. The number of non-ortho nitro benzene ring substituents is 1. The van der Waals surface area contributed by atoms with Crippen molar-refractivity contribution >= 4 is 34.8 Å². The molecule has 3 rings (SSSR count). The molecule has 0 spiro atoms. The Hall–Kier alpha value is -3.99. The number of unbranched alkanes of at least 4 members (excludes halogenated alkanes) is 1. The van der Waals surface area contributed by atoms with E-state index in [4.69, 9.17) is 5.73 Å². The number of aryl methyl sites for hydroxylation is 1. The number of hydrogen-bond donors (Lipinski definition) is 4. The number of nitro benzene ring substituents is 1. The van der Waals surface area contributed by atoms with Gasteiger partial charge in [-0.2, -0.15) is 0 Å². The normalized spacial score (nSPS) is 15.6. The number of carbonyl (C=O) groups is 3. The van der Waals surface area contributed by atoms with Gasteiger partial charge in [0.25, 0.3) is 5.69 Å². The van der Waals surface area contributed by atoms with E-state index in [-0.39, 0.29) is 24.0 Å². The summed E-state index contributed by atoms with van der Waals surface area (Å²) in [5.41, 5.74) is 7.82. The van der Waals surface area contributed by atoms with Crippen molar-refractivity contribution in [1.82, 2.24) is 10.2 Å². The second kappa shape index (κ2) is 13.4. The van der Waals surface area contributed by atoms with Gasteiger partial charge in [0.05, 0.1) is 11.5 Å². The van der Waals surface area contributed by atoms with Crippen LogP contribution in [0.2, 0.25) is 0 Å². The van der Waals surface area contributed by atoms with Crippen molar-refractivity contribution in [2.45, 2.75) is 51.1 Å². The van der Waals surface area contributed by atoms with E-state index in [9.17, 15) is 24.5 Å². The minimum Gasteiger partial charge on any atom is -0.376 e. The van der Waals surface area contributed by atoms with E-state index in [0.717, 1.165) is 11.3 Å². The molecule has 11 heteroatoms. The van der Waals surface area contributed by atoms with E-state index < -0.39 is 22.9 Å². The summed E-state index contributed by atoms with van der Waals surface area (Å²) < 4.78 is 0. The van der Waals surface area contributed by atoms with Crippen LogP contribution >= 0.6 is 0 Å². The Labute approximate surface area is 215 Å². The van der Waals surface area contributed by atoms with Crippen LogP contribution in [0, 0.1) is 17.0 Å². The topological polar surface area (TPSA) is 160 Å². The summed E-state index contributed by atoms with van der Waals surface area (Å²) in [6.07, 6.45) is 2.90. The second-order valence-electron chi connectivity index (χ2n) is 9.10. The lowest BCUT2D eigenvalue weighted by atomic mass is 10.1. The minimum absolute atomic E-state index is 0.0629. The van der Waals surface area contributed by atoms with Gasteiger partial charge in [-0.15, -0.1) is 0 Å². The van der Waals surface area contributed by atoms with Gasteiger partial charge in [-0.1, -0.05) is 17.7 Å². The molecule has 2 atom stereocenters. The minimum atomic E-state index is -0.836. The van der Waals surface area contributed by atoms with Crippen LogP contribution in [0.1, 0.15) is 37.7 Å². The molecule has 1 fully saturated rings. The van der Waals surface area contributed by atoms with Crippen LogP contribution in [-0.2, 0) is 14.4 Å². The molecule has 1 aliphatic heterocycles. The Balaban J connectivity index is 1.61. The number of amides is 3. The van der Waals surface area contributed by atoms with Gasteiger partial charge >= 0.3 is 0 Å². The summed E-state index contributed by atoms with van der Waals surface area (Å²) in [4.78, 5) is 51.0. The Kier molecular flexibility index (Phi) is 9.96. The predicted molar refractivity (Wildman–Crippen MR) is 141 cm³/mol. The lowest BCUT2D eigenvalue weighted by molar-refractivity contribution is -0.384. The first-order valence-electron chi connectivity index (χ1n) is 12.4. The van der Waals surface area contributed by atoms with Gasteiger partial charge < -0.3 is 26.6 Å². The lowest BCUT2D eigenvalue weighted by Crippen LogP contribution is -2.52. The molecule has 11 nitrogen and oxygen atoms in total. The van der Waals surface area contributed by atoms with E-state index >= 15 is 0 Å². The zero-order valence-electron chi connectivity index (χ0n) is 20.9. The summed E-state index contributed by atoms with van der Waals surface area (Å²) >= 11 is 0. The van der Waals surface area contributed by atoms with Crippen LogP contribution in [0.15, 0.2) is 48.5 Å². The number of anilines is 2. The number of nitro groups is 1. The third kappa shape index (κ3) is 8.01. The van der Waals surface area contributed by atoms with Crippen LogP contribution in [-0.4, -0.2) is 59.3 Å². The van der Waals surface area contributed by atoms with E-state index in [1.807, 2.05) is 31.2 Å². The maximum absolute atomic E-state index is 13.2. The quantitative estimate of drug-likeness (QED) is 0.194. The number of rotatable bonds is 12. The highest BCUT2D eigenvalue weighted by Crippen LogP contribution is 2.20. The van der Waals surface area contributed by atoms with Crippen LogP contribution in [0.4, 0.5) is 17.1 Å². The van der Waals surface area contributed by atoms with Gasteiger partial charge in [0, 0.05) is 30.1 Å². The summed E-state index contributed by atoms with van der Waals surface area (Å²) in [6.45, 7) is 2.98. The van der Waals surface area contributed by atoms with E-state index in [2.05, 4.69) is 16.0 Å². The van der Waals surface area contributed by atoms with Gasteiger partial charge in [0.2, 0.25) is 17.7 Å². The fourth-order valence-electron chi connectivity index (χ4n) is 4.21. The molecular weight excluding hydrogens is 476 g/mol. The average molecular weight is 511 g/mol. The highest BCUT2D eigenvalue weighted by atomic mass is 16.6. The number of nitrogens with two attached hydrogens (primary N) is 1. The first kappa shape index (κ1) is 27.6. The number of nitrogens with one attached hydrogen (secondary N) is 3. The molecule has 2 aromatic rings. The molecule has 2 aromatic carbocycles. The predicted octanol–water partition coefficient (Wildman–Crippen LogP) is 2.56. The van der Waals surface area contributed by atoms with Crippen molar-refractivity contribution in [1.29, 1.82) is 0 Å². The smallest absolute Gasteiger partial charge is 0.269 e. The Morgan fingerprint density at radius 1 is 1.08 bits per heavy atom. The van der Waals surface area contributed by atoms with Gasteiger partial charge in [-0.3, -0.25) is 24.5 Å². The average Bonchev–Trinajstić information content (AvgIpc) is 3.38. The van der Waals surface area contributed by atoms with Crippen molar-refractivity contribution < 1.29 is 19.3 Å². The van der Waals surface area contributed by atoms with Crippen molar-refractivity contribution in [3.63, 3.8) is 0 Å². The first-order chi connectivity index (χ1) is 17.8. The third-order valence-electron chi connectivity index (χ3n) is 6.30. The number of benzene rings is 2. The van der Waals surface area contributed by atoms with E-state index in [0.29, 0.717) is 50.9 Å². The van der Waals surface area contributed by atoms with E-state index in [1.165, 1.54) is 24.3 Å². The van der Waals surface area contributed by atoms with Crippen LogP contribution < -0.4 is 21.7 Å². The number of likely N-dealkylation sites (tertiary alicyclic amines) is 1. The number of hydrogen-bond acceptors (Lipinski definition) is 7. The summed E-state index contributed by atoms with van der Waals surface area (Å²) in [5, 5.41) is 19.5. The van der Waals surface area contributed by atoms with Crippen molar-refractivity contribution in [2.24, 2.45) is 5.73 Å². The van der Waals surface area contributed by atoms with Gasteiger partial charge in [0.1, 0.15) is 12.1 Å². The SMILES string of the molecule is Cc1ccc(NCC(=O)N2CCC[C@H]2C(=O)N[C@@H](CCCCN)C(=O)Nc2ccc([N+](=O)[O-])cc2)cc1. The molecule has 1 aliphatic rings. The van der Waals surface area contributed by atoms with Crippen LogP contribution in [0.5, 0.6) is 0 Å². The second-order valence-corrected chi connectivity index (χ2v) is 9.10. The maximum Gasteiger partial charge on any atom is 0.269 e. The molecule has 0 bridgehead atoms. The van der Waals surface area contributed by atoms with E-state index in [1.54, 1.807) is 4.90 Å². The summed E-state index contributed by atoms with van der Waals surface area (Å²) in [7, 11) is 0. The molecule has 0 aliphatic carbocycles. The Bertz CT molecular complexity index is 1090. The standard InChI is InChI=1S/C26H34N6O5/c1-18-7-9-19(10-8-18)28-17-24(33)31-16-4-6-23(31)26(35)30-22(5-2-3-15-27)25(34)29-20-11-13-21(14-12-20)32(36)37/h7-14,22-23,28H,2-6,15-17,27H2,1H3,(H,29,34)(H,30,35)/t22-,23-/m0/s1. The van der Waals surface area contributed by atoms with Crippen molar-refractivity contribution in [3.8, 4) is 0 Å². The zero-order chi connectivity index (χ0) is 26.8. The number of nitrogens with zero attached hydrogens (tertiary/aromatic N) is 2. The molecule has 0 aromatic heterocycles. The van der Waals surface area contributed by atoms with Crippen molar-refractivity contribution in [3.05, 3.63) is 64.2 Å². The van der Waals surface area contributed by atoms with Gasteiger partial charge in [-0.25, -0.2) is 0 Å². The van der Waals surface area contributed by atoms with Gasteiger partial charge in [0.15, 0.2) is 0 Å². The molecule has 5 N–H and O–H groups in total. The largest absolute Gasteiger partial charge is 0.376 e. The first-order valence-corrected chi connectivity index (χ1v) is 12.4. The summed E-state index contributed by atoms with van der Waals surface area (Å²) in [5.74, 6) is -0.998. The van der Waals surface area contributed by atoms with Crippen molar-refractivity contribution in [2.75, 3.05) is 30.3 Å². The maximum atomic E-state index is 13.2.